The Bertz CT molecular complexity index is 500. The molecule has 0 saturated heterocycles. The van der Waals surface area contributed by atoms with Crippen LogP contribution in [0.2, 0.25) is 0 Å². The number of benzene rings is 1. The Morgan fingerprint density at radius 1 is 1.36 bits per heavy atom. The number of rotatable bonds is 2. The van der Waals surface area contributed by atoms with Gasteiger partial charge in [-0.1, -0.05) is 6.07 Å². The Kier molecular flexibility index (Phi) is 1.98. The summed E-state index contributed by atoms with van der Waals surface area (Å²) < 4.78 is 0. The molecule has 1 aromatic carbocycles. The van der Waals surface area contributed by atoms with Crippen molar-refractivity contribution in [3.8, 4) is 0 Å². The second kappa shape index (κ2) is 3.29. The second-order valence-electron chi connectivity index (χ2n) is 2.81. The van der Waals surface area contributed by atoms with E-state index in [4.69, 9.17) is 5.73 Å². The zero-order chi connectivity index (χ0) is 9.97. The number of nitrogens with zero attached hydrogens (tertiary/aromatic N) is 2. The van der Waals surface area contributed by atoms with Gasteiger partial charge in [0.25, 0.3) is 0 Å². The molecule has 0 radical (unpaired) electrons. The summed E-state index contributed by atoms with van der Waals surface area (Å²) in [7, 11) is 0. The molecule has 0 unspecified atom stereocenters. The third kappa shape index (κ3) is 1.61. The van der Waals surface area contributed by atoms with E-state index < -0.39 is 5.91 Å². The Morgan fingerprint density at radius 2 is 2.14 bits per heavy atom. The Morgan fingerprint density at radius 3 is 2.93 bits per heavy atom. The van der Waals surface area contributed by atoms with Crippen LogP contribution in [0.25, 0.3) is 17.1 Å². The van der Waals surface area contributed by atoms with Crippen molar-refractivity contribution >= 4 is 23.0 Å². The van der Waals surface area contributed by atoms with Gasteiger partial charge < -0.3 is 5.73 Å². The van der Waals surface area contributed by atoms with Crippen molar-refractivity contribution in [2.45, 2.75) is 0 Å². The SMILES string of the molecule is NC(=O)C=Cc1ccc2n[nH]nc2c1. The predicted octanol–water partition coefficient (Wildman–Crippen LogP) is 0.456. The number of nitrogens with one attached hydrogen (secondary N) is 1. The Balaban J connectivity index is 2.39. The van der Waals surface area contributed by atoms with E-state index in [-0.39, 0.29) is 0 Å². The van der Waals surface area contributed by atoms with Crippen LogP contribution in [-0.2, 0) is 4.79 Å². The van der Waals surface area contributed by atoms with Gasteiger partial charge in [0.05, 0.1) is 0 Å². The average Bonchev–Trinajstić information content (AvgIpc) is 2.61. The first-order valence-electron chi connectivity index (χ1n) is 4.04. The van der Waals surface area contributed by atoms with Gasteiger partial charge in [0.2, 0.25) is 5.91 Å². The molecule has 0 spiro atoms. The van der Waals surface area contributed by atoms with Gasteiger partial charge in [0.1, 0.15) is 11.0 Å². The van der Waals surface area contributed by atoms with Gasteiger partial charge in [-0.15, -0.1) is 0 Å². The van der Waals surface area contributed by atoms with Crippen LogP contribution < -0.4 is 5.73 Å². The van der Waals surface area contributed by atoms with E-state index in [0.717, 1.165) is 16.6 Å². The van der Waals surface area contributed by atoms with Gasteiger partial charge in [-0.05, 0) is 23.8 Å². The molecule has 70 valence electrons. The summed E-state index contributed by atoms with van der Waals surface area (Å²) >= 11 is 0. The highest BCUT2D eigenvalue weighted by Crippen LogP contribution is 2.11. The van der Waals surface area contributed by atoms with Crippen LogP contribution in [0, 0.1) is 0 Å². The van der Waals surface area contributed by atoms with Crippen molar-refractivity contribution < 1.29 is 4.79 Å². The summed E-state index contributed by atoms with van der Waals surface area (Å²) in [5.74, 6) is -0.467. The van der Waals surface area contributed by atoms with Gasteiger partial charge in [-0.2, -0.15) is 15.4 Å². The van der Waals surface area contributed by atoms with Crippen LogP contribution >= 0.6 is 0 Å². The van der Waals surface area contributed by atoms with Crippen LogP contribution in [0.3, 0.4) is 0 Å². The molecule has 5 heteroatoms. The minimum atomic E-state index is -0.467. The second-order valence-corrected chi connectivity index (χ2v) is 2.81. The van der Waals surface area contributed by atoms with Crippen molar-refractivity contribution in [3.05, 3.63) is 29.8 Å². The number of H-pyrrole nitrogens is 1. The monoisotopic (exact) mass is 188 g/mol. The predicted molar refractivity (Wildman–Crippen MR) is 52.1 cm³/mol. The highest BCUT2D eigenvalue weighted by Gasteiger charge is 1.97. The van der Waals surface area contributed by atoms with Gasteiger partial charge in [0.15, 0.2) is 0 Å². The number of aromatic amines is 1. The minimum Gasteiger partial charge on any atom is -0.366 e. The molecule has 0 fully saturated rings. The van der Waals surface area contributed by atoms with E-state index in [9.17, 15) is 4.79 Å². The fraction of sp³-hybridized carbons (Fsp3) is 0. The number of carbonyl (C=O) groups is 1. The number of hydrogen-bond acceptors (Lipinski definition) is 3. The van der Waals surface area contributed by atoms with E-state index in [1.54, 1.807) is 6.08 Å². The van der Waals surface area contributed by atoms with Gasteiger partial charge in [-0.3, -0.25) is 4.79 Å². The molecule has 2 aromatic rings. The lowest BCUT2D eigenvalue weighted by Crippen LogP contribution is -2.04. The van der Waals surface area contributed by atoms with Crippen LogP contribution in [0.4, 0.5) is 0 Å². The van der Waals surface area contributed by atoms with Gasteiger partial charge >= 0.3 is 0 Å². The fourth-order valence-corrected chi connectivity index (χ4v) is 1.14. The lowest BCUT2D eigenvalue weighted by atomic mass is 10.2. The lowest BCUT2D eigenvalue weighted by molar-refractivity contribution is -0.113. The molecular weight excluding hydrogens is 180 g/mol. The van der Waals surface area contributed by atoms with Crippen LogP contribution in [0.1, 0.15) is 5.56 Å². The number of nitrogens with two attached hydrogens (primary N) is 1. The third-order valence-corrected chi connectivity index (χ3v) is 1.78. The highest BCUT2D eigenvalue weighted by molar-refractivity contribution is 5.90. The molecule has 0 saturated carbocycles. The molecule has 0 aliphatic heterocycles. The number of carbonyl (C=O) groups excluding carboxylic acids is 1. The number of hydrogen-bond donors (Lipinski definition) is 2. The summed E-state index contributed by atoms with van der Waals surface area (Å²) in [6.07, 6.45) is 2.94. The molecule has 1 amide bonds. The molecule has 0 atom stereocenters. The average molecular weight is 188 g/mol. The largest absolute Gasteiger partial charge is 0.366 e. The topological polar surface area (TPSA) is 84.7 Å². The molecule has 3 N–H and O–H groups in total. The molecule has 5 nitrogen and oxygen atoms in total. The van der Waals surface area contributed by atoms with Crippen molar-refractivity contribution in [2.24, 2.45) is 5.73 Å². The molecule has 14 heavy (non-hydrogen) atoms. The molecule has 1 aromatic heterocycles. The van der Waals surface area contributed by atoms with Crippen LogP contribution in [-0.4, -0.2) is 21.3 Å². The number of fused-ring (bicyclic) bond motifs is 1. The Labute approximate surface area is 79.6 Å². The third-order valence-electron chi connectivity index (χ3n) is 1.78. The summed E-state index contributed by atoms with van der Waals surface area (Å²) in [6, 6.07) is 5.47. The maximum absolute atomic E-state index is 10.5. The molecule has 0 bridgehead atoms. The summed E-state index contributed by atoms with van der Waals surface area (Å²) in [4.78, 5) is 10.5. The number of amides is 1. The van der Waals surface area contributed by atoms with E-state index >= 15 is 0 Å². The quantitative estimate of drug-likeness (QED) is 0.671. The number of primary amides is 1. The first-order valence-corrected chi connectivity index (χ1v) is 4.04. The first kappa shape index (κ1) is 8.43. The zero-order valence-corrected chi connectivity index (χ0v) is 7.27. The zero-order valence-electron chi connectivity index (χ0n) is 7.27. The first-order chi connectivity index (χ1) is 6.75. The van der Waals surface area contributed by atoms with Crippen LogP contribution in [0.15, 0.2) is 24.3 Å². The fourth-order valence-electron chi connectivity index (χ4n) is 1.14. The number of aromatic nitrogens is 3. The van der Waals surface area contributed by atoms with Gasteiger partial charge in [-0.25, -0.2) is 0 Å². The standard InChI is InChI=1S/C9H8N4O/c10-9(14)4-2-6-1-3-7-8(5-6)12-13-11-7/h1-5H,(H2,10,14)(H,11,12,13). The van der Waals surface area contributed by atoms with Gasteiger partial charge in [0, 0.05) is 6.08 Å². The van der Waals surface area contributed by atoms with Crippen molar-refractivity contribution in [2.75, 3.05) is 0 Å². The van der Waals surface area contributed by atoms with E-state index in [1.807, 2.05) is 18.2 Å². The lowest BCUT2D eigenvalue weighted by Gasteiger charge is -1.90. The molecule has 0 aliphatic carbocycles. The summed E-state index contributed by atoms with van der Waals surface area (Å²) in [6.45, 7) is 0. The molecular formula is C9H8N4O. The van der Waals surface area contributed by atoms with Crippen LogP contribution in [0.5, 0.6) is 0 Å². The van der Waals surface area contributed by atoms with Crippen molar-refractivity contribution in [1.29, 1.82) is 0 Å². The van der Waals surface area contributed by atoms with E-state index in [1.165, 1.54) is 6.08 Å². The molecule has 2 rings (SSSR count). The smallest absolute Gasteiger partial charge is 0.241 e. The normalized spacial score (nSPS) is 11.1. The minimum absolute atomic E-state index is 0.467. The highest BCUT2D eigenvalue weighted by atomic mass is 16.1. The van der Waals surface area contributed by atoms with E-state index in [2.05, 4.69) is 15.4 Å². The maximum atomic E-state index is 10.5. The van der Waals surface area contributed by atoms with E-state index in [0.29, 0.717) is 0 Å². The summed E-state index contributed by atoms with van der Waals surface area (Å²) in [5.41, 5.74) is 7.39. The summed E-state index contributed by atoms with van der Waals surface area (Å²) in [5, 5.41) is 10.3. The molecule has 1 heterocycles. The van der Waals surface area contributed by atoms with Crippen molar-refractivity contribution in [1.82, 2.24) is 15.4 Å². The molecule has 0 aliphatic rings. The maximum Gasteiger partial charge on any atom is 0.241 e. The Hall–Kier alpha value is -2.17. The van der Waals surface area contributed by atoms with Crippen molar-refractivity contribution in [3.63, 3.8) is 0 Å².